The van der Waals surface area contributed by atoms with Crippen LogP contribution in [0.25, 0.3) is 0 Å². The molecule has 156 valence electrons. The zero-order chi connectivity index (χ0) is 19.9. The van der Waals surface area contributed by atoms with Crippen LogP contribution in [-0.2, 0) is 6.42 Å². The fourth-order valence-electron chi connectivity index (χ4n) is 3.93. The molecule has 0 aliphatic carbocycles. The lowest BCUT2D eigenvalue weighted by Crippen LogP contribution is -2.43. The molecular formula is C22H30N4O3. The van der Waals surface area contributed by atoms with Gasteiger partial charge in [-0.3, -0.25) is 9.89 Å². The van der Waals surface area contributed by atoms with Gasteiger partial charge in [0, 0.05) is 20.1 Å². The first-order valence-electron chi connectivity index (χ1n) is 10.4. The van der Waals surface area contributed by atoms with E-state index in [9.17, 15) is 0 Å². The summed E-state index contributed by atoms with van der Waals surface area (Å²) in [5, 5.41) is 6.87. The van der Waals surface area contributed by atoms with Crippen molar-refractivity contribution in [2.24, 2.45) is 4.99 Å². The van der Waals surface area contributed by atoms with Gasteiger partial charge in [-0.1, -0.05) is 6.07 Å². The number of benzene rings is 1. The molecule has 1 fully saturated rings. The molecule has 7 heteroatoms. The van der Waals surface area contributed by atoms with Gasteiger partial charge in [0.15, 0.2) is 17.5 Å². The summed E-state index contributed by atoms with van der Waals surface area (Å²) < 4.78 is 16.9. The molecule has 0 saturated carbocycles. The maximum Gasteiger partial charge on any atom is 0.191 e. The summed E-state index contributed by atoms with van der Waals surface area (Å²) in [5.74, 6) is 3.48. The number of likely N-dealkylation sites (tertiary alicyclic amines) is 1. The number of hydrogen-bond acceptors (Lipinski definition) is 5. The Labute approximate surface area is 172 Å². The largest absolute Gasteiger partial charge is 0.486 e. The standard InChI is InChI=1S/C22H30N4O3/c1-23-22(24-9-8-17-6-7-20-21(15-17)29-14-13-28-20)25-16-18(19-5-4-12-27-19)26-10-2-3-11-26/h4-7,12,15,18H,2-3,8-11,13-14,16H2,1H3,(H2,23,24,25). The van der Waals surface area contributed by atoms with Crippen LogP contribution >= 0.6 is 0 Å². The van der Waals surface area contributed by atoms with Gasteiger partial charge in [0.05, 0.1) is 12.3 Å². The van der Waals surface area contributed by atoms with Crippen LogP contribution in [0, 0.1) is 0 Å². The Morgan fingerprint density at radius 3 is 2.69 bits per heavy atom. The minimum absolute atomic E-state index is 0.226. The summed E-state index contributed by atoms with van der Waals surface area (Å²) in [6.45, 7) is 5.00. The first-order valence-corrected chi connectivity index (χ1v) is 10.4. The minimum atomic E-state index is 0.226. The molecule has 1 unspecified atom stereocenters. The van der Waals surface area contributed by atoms with Crippen molar-refractivity contribution in [2.45, 2.75) is 25.3 Å². The Kier molecular flexibility index (Phi) is 6.56. The SMILES string of the molecule is CN=C(NCCc1ccc2c(c1)OCCO2)NCC(c1ccco1)N1CCCC1. The second-order valence-electron chi connectivity index (χ2n) is 7.38. The van der Waals surface area contributed by atoms with Crippen molar-refractivity contribution in [1.29, 1.82) is 0 Å². The smallest absolute Gasteiger partial charge is 0.191 e. The molecule has 29 heavy (non-hydrogen) atoms. The zero-order valence-electron chi connectivity index (χ0n) is 17.0. The molecule has 4 rings (SSSR count). The molecule has 1 saturated heterocycles. The molecule has 0 spiro atoms. The van der Waals surface area contributed by atoms with Crippen LogP contribution < -0.4 is 20.1 Å². The Bertz CT molecular complexity index is 800. The quantitative estimate of drug-likeness (QED) is 0.552. The van der Waals surface area contributed by atoms with Gasteiger partial charge in [0.2, 0.25) is 0 Å². The molecule has 2 aliphatic rings. The van der Waals surface area contributed by atoms with Gasteiger partial charge in [-0.25, -0.2) is 0 Å². The van der Waals surface area contributed by atoms with Gasteiger partial charge in [-0.15, -0.1) is 0 Å². The maximum absolute atomic E-state index is 5.69. The van der Waals surface area contributed by atoms with E-state index in [2.05, 4.69) is 38.7 Å². The topological polar surface area (TPSA) is 71.3 Å². The third kappa shape index (κ3) is 5.03. The highest BCUT2D eigenvalue weighted by atomic mass is 16.6. The van der Waals surface area contributed by atoms with Crippen molar-refractivity contribution >= 4 is 5.96 Å². The van der Waals surface area contributed by atoms with Crippen molar-refractivity contribution in [3.8, 4) is 11.5 Å². The van der Waals surface area contributed by atoms with Crippen molar-refractivity contribution < 1.29 is 13.9 Å². The molecule has 0 bridgehead atoms. The lowest BCUT2D eigenvalue weighted by Gasteiger charge is -2.26. The Morgan fingerprint density at radius 2 is 1.93 bits per heavy atom. The third-order valence-corrected chi connectivity index (χ3v) is 5.45. The summed E-state index contributed by atoms with van der Waals surface area (Å²) in [6.07, 6.45) is 5.13. The summed E-state index contributed by atoms with van der Waals surface area (Å²) in [5.41, 5.74) is 1.21. The molecule has 2 aromatic rings. The first kappa shape index (κ1) is 19.6. The highest BCUT2D eigenvalue weighted by Gasteiger charge is 2.25. The predicted molar refractivity (Wildman–Crippen MR) is 113 cm³/mol. The molecule has 3 heterocycles. The van der Waals surface area contributed by atoms with Crippen molar-refractivity contribution in [1.82, 2.24) is 15.5 Å². The van der Waals surface area contributed by atoms with E-state index in [4.69, 9.17) is 13.9 Å². The number of aliphatic imine (C=N–C) groups is 1. The fraction of sp³-hybridized carbons (Fsp3) is 0.500. The highest BCUT2D eigenvalue weighted by Crippen LogP contribution is 2.30. The Hall–Kier alpha value is -2.67. The van der Waals surface area contributed by atoms with E-state index >= 15 is 0 Å². The number of furan rings is 1. The van der Waals surface area contributed by atoms with E-state index in [1.807, 2.05) is 12.1 Å². The van der Waals surface area contributed by atoms with Crippen LogP contribution in [-0.4, -0.2) is 57.3 Å². The van der Waals surface area contributed by atoms with Crippen LogP contribution in [0.1, 0.15) is 30.2 Å². The summed E-state index contributed by atoms with van der Waals surface area (Å²) >= 11 is 0. The van der Waals surface area contributed by atoms with Crippen LogP contribution in [0.5, 0.6) is 11.5 Å². The predicted octanol–water partition coefficient (Wildman–Crippen LogP) is 2.60. The van der Waals surface area contributed by atoms with E-state index in [-0.39, 0.29) is 6.04 Å². The first-order chi connectivity index (χ1) is 14.3. The van der Waals surface area contributed by atoms with E-state index in [0.29, 0.717) is 13.2 Å². The van der Waals surface area contributed by atoms with Gasteiger partial charge in [0.1, 0.15) is 19.0 Å². The third-order valence-electron chi connectivity index (χ3n) is 5.45. The van der Waals surface area contributed by atoms with Crippen molar-refractivity contribution in [3.05, 3.63) is 47.9 Å². The fourth-order valence-corrected chi connectivity index (χ4v) is 3.93. The van der Waals surface area contributed by atoms with Gasteiger partial charge < -0.3 is 24.5 Å². The summed E-state index contributed by atoms with van der Waals surface area (Å²) in [6, 6.07) is 10.4. The number of ether oxygens (including phenoxy) is 2. The maximum atomic E-state index is 5.69. The average molecular weight is 399 g/mol. The van der Waals surface area contributed by atoms with Crippen LogP contribution in [0.3, 0.4) is 0 Å². The van der Waals surface area contributed by atoms with E-state index in [1.165, 1.54) is 18.4 Å². The molecule has 2 aliphatic heterocycles. The molecule has 0 amide bonds. The highest BCUT2D eigenvalue weighted by molar-refractivity contribution is 5.79. The number of rotatable bonds is 7. The average Bonchev–Trinajstić information content (AvgIpc) is 3.47. The number of fused-ring (bicyclic) bond motifs is 1. The van der Waals surface area contributed by atoms with Gasteiger partial charge in [-0.05, 0) is 62.2 Å². The zero-order valence-corrected chi connectivity index (χ0v) is 17.0. The van der Waals surface area contributed by atoms with Crippen LogP contribution in [0.4, 0.5) is 0 Å². The normalized spacial score (nSPS) is 17.9. The molecule has 1 aromatic carbocycles. The molecule has 0 radical (unpaired) electrons. The molecule has 7 nitrogen and oxygen atoms in total. The Morgan fingerprint density at radius 1 is 1.10 bits per heavy atom. The molecule has 1 aromatic heterocycles. The number of guanidine groups is 1. The van der Waals surface area contributed by atoms with Gasteiger partial charge in [0.25, 0.3) is 0 Å². The van der Waals surface area contributed by atoms with Gasteiger partial charge >= 0.3 is 0 Å². The monoisotopic (exact) mass is 398 g/mol. The van der Waals surface area contributed by atoms with E-state index in [1.54, 1.807) is 13.3 Å². The van der Waals surface area contributed by atoms with Crippen molar-refractivity contribution in [2.75, 3.05) is 46.4 Å². The molecular weight excluding hydrogens is 368 g/mol. The lowest BCUT2D eigenvalue weighted by atomic mass is 10.1. The summed E-state index contributed by atoms with van der Waals surface area (Å²) in [7, 11) is 1.80. The van der Waals surface area contributed by atoms with Crippen molar-refractivity contribution in [3.63, 3.8) is 0 Å². The second-order valence-corrected chi connectivity index (χ2v) is 7.38. The minimum Gasteiger partial charge on any atom is -0.486 e. The molecule has 1 atom stereocenters. The van der Waals surface area contributed by atoms with Crippen LogP contribution in [0.2, 0.25) is 0 Å². The van der Waals surface area contributed by atoms with E-state index < -0.39 is 0 Å². The number of hydrogen-bond donors (Lipinski definition) is 2. The van der Waals surface area contributed by atoms with E-state index in [0.717, 1.165) is 55.8 Å². The second kappa shape index (κ2) is 9.69. The number of nitrogens with zero attached hydrogens (tertiary/aromatic N) is 2. The van der Waals surface area contributed by atoms with Crippen LogP contribution in [0.15, 0.2) is 46.0 Å². The lowest BCUT2D eigenvalue weighted by molar-refractivity contribution is 0.171. The number of nitrogens with one attached hydrogen (secondary N) is 2. The summed E-state index contributed by atoms with van der Waals surface area (Å²) in [4.78, 5) is 6.85. The van der Waals surface area contributed by atoms with Gasteiger partial charge in [-0.2, -0.15) is 0 Å². The Balaban J connectivity index is 1.28. The molecule has 2 N–H and O–H groups in total.